The van der Waals surface area contributed by atoms with Crippen molar-refractivity contribution < 1.29 is 9.53 Å². The Morgan fingerprint density at radius 2 is 2.00 bits per heavy atom. The number of ether oxygens (including phenoxy) is 1. The van der Waals surface area contributed by atoms with E-state index in [1.807, 2.05) is 13.8 Å². The fraction of sp³-hybridized carbons (Fsp3) is 0.938. The summed E-state index contributed by atoms with van der Waals surface area (Å²) in [5.74, 6) is 0.551. The van der Waals surface area contributed by atoms with Gasteiger partial charge in [-0.25, -0.2) is 0 Å². The standard InChI is InChI=1S/C16H34N2O2/c1-7-11-17-16(5,15(19)20-8-2)10-9-12-18(6)13-14(3)4/h14,17H,7-13H2,1-6H3. The van der Waals surface area contributed by atoms with Gasteiger partial charge in [0.2, 0.25) is 0 Å². The van der Waals surface area contributed by atoms with Gasteiger partial charge < -0.3 is 15.0 Å². The third-order valence-corrected chi connectivity index (χ3v) is 3.38. The lowest BCUT2D eigenvalue weighted by Gasteiger charge is -2.29. The average Bonchev–Trinajstić information content (AvgIpc) is 2.35. The number of carbonyl (C=O) groups excluding carboxylic acids is 1. The normalized spacial score (nSPS) is 14.6. The number of nitrogens with zero attached hydrogens (tertiary/aromatic N) is 1. The van der Waals surface area contributed by atoms with Crippen LogP contribution in [0.25, 0.3) is 0 Å². The second-order valence-electron chi connectivity index (χ2n) is 6.24. The maximum absolute atomic E-state index is 12.1. The van der Waals surface area contributed by atoms with Crippen LogP contribution in [-0.2, 0) is 9.53 Å². The van der Waals surface area contributed by atoms with Crippen molar-refractivity contribution in [1.29, 1.82) is 0 Å². The lowest BCUT2D eigenvalue weighted by Crippen LogP contribution is -2.51. The van der Waals surface area contributed by atoms with Gasteiger partial charge in [0, 0.05) is 6.54 Å². The molecule has 0 saturated heterocycles. The molecule has 1 N–H and O–H groups in total. The summed E-state index contributed by atoms with van der Waals surface area (Å²) >= 11 is 0. The van der Waals surface area contributed by atoms with E-state index >= 15 is 0 Å². The van der Waals surface area contributed by atoms with Crippen LogP contribution in [0.3, 0.4) is 0 Å². The first-order valence-corrected chi connectivity index (χ1v) is 7.96. The van der Waals surface area contributed by atoms with E-state index in [1.54, 1.807) is 0 Å². The third-order valence-electron chi connectivity index (χ3n) is 3.38. The fourth-order valence-electron chi connectivity index (χ4n) is 2.37. The molecule has 0 fully saturated rings. The maximum atomic E-state index is 12.1. The van der Waals surface area contributed by atoms with Crippen molar-refractivity contribution in [1.82, 2.24) is 10.2 Å². The summed E-state index contributed by atoms with van der Waals surface area (Å²) in [5.41, 5.74) is -0.551. The quantitative estimate of drug-likeness (QED) is 0.593. The second-order valence-corrected chi connectivity index (χ2v) is 6.24. The molecule has 0 aliphatic heterocycles. The topological polar surface area (TPSA) is 41.6 Å². The van der Waals surface area contributed by atoms with Gasteiger partial charge in [0.05, 0.1) is 6.61 Å². The Morgan fingerprint density at radius 1 is 1.35 bits per heavy atom. The van der Waals surface area contributed by atoms with Crippen LogP contribution in [0, 0.1) is 5.92 Å². The lowest BCUT2D eigenvalue weighted by molar-refractivity contribution is -0.150. The van der Waals surface area contributed by atoms with Crippen LogP contribution in [0.15, 0.2) is 0 Å². The van der Waals surface area contributed by atoms with E-state index in [0.717, 1.165) is 38.9 Å². The van der Waals surface area contributed by atoms with Crippen LogP contribution in [0.2, 0.25) is 0 Å². The molecule has 0 bridgehead atoms. The summed E-state index contributed by atoms with van der Waals surface area (Å²) in [6.45, 7) is 13.8. The minimum absolute atomic E-state index is 0.125. The van der Waals surface area contributed by atoms with E-state index in [4.69, 9.17) is 4.74 Å². The number of hydrogen-bond acceptors (Lipinski definition) is 4. The van der Waals surface area contributed by atoms with Crippen molar-refractivity contribution >= 4 is 5.97 Å². The van der Waals surface area contributed by atoms with Gasteiger partial charge >= 0.3 is 5.97 Å². The lowest BCUT2D eigenvalue weighted by atomic mass is 9.95. The van der Waals surface area contributed by atoms with Gasteiger partial charge in [0.1, 0.15) is 5.54 Å². The Hall–Kier alpha value is -0.610. The molecule has 0 heterocycles. The molecule has 120 valence electrons. The molecular weight excluding hydrogens is 252 g/mol. The highest BCUT2D eigenvalue weighted by Gasteiger charge is 2.33. The largest absolute Gasteiger partial charge is 0.465 e. The Morgan fingerprint density at radius 3 is 2.50 bits per heavy atom. The molecule has 0 saturated carbocycles. The maximum Gasteiger partial charge on any atom is 0.326 e. The molecular formula is C16H34N2O2. The summed E-state index contributed by atoms with van der Waals surface area (Å²) in [5, 5.41) is 3.35. The number of hydrogen-bond donors (Lipinski definition) is 1. The predicted molar refractivity (Wildman–Crippen MR) is 84.9 cm³/mol. The van der Waals surface area contributed by atoms with Crippen molar-refractivity contribution in [3.8, 4) is 0 Å². The van der Waals surface area contributed by atoms with Gasteiger partial charge in [0.15, 0.2) is 0 Å². The van der Waals surface area contributed by atoms with Gasteiger partial charge in [-0.2, -0.15) is 0 Å². The molecule has 0 aromatic heterocycles. The summed E-state index contributed by atoms with van der Waals surface area (Å²) < 4.78 is 5.21. The first-order valence-electron chi connectivity index (χ1n) is 7.96. The smallest absolute Gasteiger partial charge is 0.326 e. The Kier molecular flexibility index (Phi) is 9.86. The molecule has 0 rings (SSSR count). The van der Waals surface area contributed by atoms with Crippen LogP contribution >= 0.6 is 0 Å². The monoisotopic (exact) mass is 286 g/mol. The zero-order valence-electron chi connectivity index (χ0n) is 14.3. The van der Waals surface area contributed by atoms with E-state index in [0.29, 0.717) is 12.5 Å². The molecule has 0 spiro atoms. The summed E-state index contributed by atoms with van der Waals surface area (Å²) in [4.78, 5) is 14.5. The van der Waals surface area contributed by atoms with Crippen molar-refractivity contribution in [2.75, 3.05) is 33.3 Å². The van der Waals surface area contributed by atoms with E-state index in [2.05, 4.69) is 38.0 Å². The van der Waals surface area contributed by atoms with Crippen molar-refractivity contribution in [3.63, 3.8) is 0 Å². The number of carbonyl (C=O) groups is 1. The molecule has 0 aromatic rings. The summed E-state index contributed by atoms with van der Waals surface area (Å²) in [7, 11) is 2.14. The Balaban J connectivity index is 4.32. The zero-order chi connectivity index (χ0) is 15.6. The third kappa shape index (κ3) is 7.85. The van der Waals surface area contributed by atoms with Crippen LogP contribution in [0.1, 0.15) is 53.9 Å². The molecule has 0 radical (unpaired) electrons. The number of esters is 1. The van der Waals surface area contributed by atoms with Crippen LogP contribution in [0.4, 0.5) is 0 Å². The average molecular weight is 286 g/mol. The highest BCUT2D eigenvalue weighted by Crippen LogP contribution is 2.15. The molecule has 1 unspecified atom stereocenters. The predicted octanol–water partition coefficient (Wildman–Crippen LogP) is 2.68. The first-order chi connectivity index (χ1) is 9.35. The van der Waals surface area contributed by atoms with Crippen molar-refractivity contribution in [2.24, 2.45) is 5.92 Å². The summed E-state index contributed by atoms with van der Waals surface area (Å²) in [6.07, 6.45) is 2.83. The molecule has 1 atom stereocenters. The summed E-state index contributed by atoms with van der Waals surface area (Å²) in [6, 6.07) is 0. The van der Waals surface area contributed by atoms with Gasteiger partial charge in [-0.15, -0.1) is 0 Å². The zero-order valence-corrected chi connectivity index (χ0v) is 14.3. The SMILES string of the molecule is CCCNC(C)(CCCN(C)CC(C)C)C(=O)OCC. The first kappa shape index (κ1) is 19.4. The van der Waals surface area contributed by atoms with Crippen molar-refractivity contribution in [3.05, 3.63) is 0 Å². The second kappa shape index (κ2) is 10.2. The van der Waals surface area contributed by atoms with E-state index < -0.39 is 5.54 Å². The Labute approximate surface area is 125 Å². The molecule has 0 aromatic carbocycles. The number of nitrogens with one attached hydrogen (secondary N) is 1. The van der Waals surface area contributed by atoms with Gasteiger partial charge in [0.25, 0.3) is 0 Å². The van der Waals surface area contributed by atoms with Gasteiger partial charge in [-0.05, 0) is 59.2 Å². The highest BCUT2D eigenvalue weighted by atomic mass is 16.5. The van der Waals surface area contributed by atoms with Crippen LogP contribution < -0.4 is 5.32 Å². The van der Waals surface area contributed by atoms with Crippen molar-refractivity contribution in [2.45, 2.75) is 59.4 Å². The molecule has 20 heavy (non-hydrogen) atoms. The van der Waals surface area contributed by atoms with E-state index in [1.165, 1.54) is 0 Å². The minimum atomic E-state index is -0.551. The van der Waals surface area contributed by atoms with Crippen LogP contribution in [-0.4, -0.2) is 49.7 Å². The van der Waals surface area contributed by atoms with Gasteiger partial charge in [-0.3, -0.25) is 4.79 Å². The molecule has 0 aliphatic rings. The van der Waals surface area contributed by atoms with E-state index in [9.17, 15) is 4.79 Å². The number of rotatable bonds is 11. The highest BCUT2D eigenvalue weighted by molar-refractivity contribution is 5.80. The molecule has 4 nitrogen and oxygen atoms in total. The molecule has 0 aliphatic carbocycles. The Bertz CT molecular complexity index is 269. The fourth-order valence-corrected chi connectivity index (χ4v) is 2.37. The van der Waals surface area contributed by atoms with E-state index in [-0.39, 0.29) is 5.97 Å². The molecule has 4 heteroatoms. The minimum Gasteiger partial charge on any atom is -0.465 e. The van der Waals surface area contributed by atoms with Crippen LogP contribution in [0.5, 0.6) is 0 Å². The van der Waals surface area contributed by atoms with Gasteiger partial charge in [-0.1, -0.05) is 20.8 Å². The molecule has 0 amide bonds.